The molecule has 0 saturated heterocycles. The SMILES string of the molecule is Cc1cccc([C@@H]2C[C@@H](c3ccc(Cl)c(Cl)c3)Nc3nc4ccccc4n32)c1. The first-order valence-corrected chi connectivity index (χ1v) is 10.1. The molecule has 0 radical (unpaired) electrons. The van der Waals surface area contributed by atoms with E-state index in [1.54, 1.807) is 0 Å². The van der Waals surface area contributed by atoms with Crippen molar-refractivity contribution in [3.63, 3.8) is 0 Å². The van der Waals surface area contributed by atoms with E-state index in [1.807, 2.05) is 24.3 Å². The van der Waals surface area contributed by atoms with Gasteiger partial charge in [0.25, 0.3) is 0 Å². The summed E-state index contributed by atoms with van der Waals surface area (Å²) >= 11 is 12.4. The van der Waals surface area contributed by atoms with Gasteiger partial charge in [0.1, 0.15) is 0 Å². The molecule has 1 aromatic heterocycles. The zero-order valence-corrected chi connectivity index (χ0v) is 16.9. The van der Waals surface area contributed by atoms with E-state index in [0.29, 0.717) is 10.0 Å². The molecule has 3 nitrogen and oxygen atoms in total. The molecular weight excluding hydrogens is 389 g/mol. The lowest BCUT2D eigenvalue weighted by molar-refractivity contribution is 0.477. The Kier molecular flexibility index (Phi) is 4.30. The van der Waals surface area contributed by atoms with E-state index in [0.717, 1.165) is 29.0 Å². The first kappa shape index (κ1) is 17.6. The Hall–Kier alpha value is -2.49. The summed E-state index contributed by atoms with van der Waals surface area (Å²) in [5, 5.41) is 4.76. The Morgan fingerprint density at radius 1 is 0.929 bits per heavy atom. The second kappa shape index (κ2) is 6.84. The molecule has 2 atom stereocenters. The first-order chi connectivity index (χ1) is 13.6. The van der Waals surface area contributed by atoms with Gasteiger partial charge in [0.15, 0.2) is 0 Å². The monoisotopic (exact) mass is 407 g/mol. The van der Waals surface area contributed by atoms with Gasteiger partial charge in [-0.15, -0.1) is 0 Å². The Morgan fingerprint density at radius 2 is 1.79 bits per heavy atom. The molecule has 1 aliphatic heterocycles. The van der Waals surface area contributed by atoms with E-state index >= 15 is 0 Å². The van der Waals surface area contributed by atoms with Crippen molar-refractivity contribution in [1.29, 1.82) is 0 Å². The van der Waals surface area contributed by atoms with Crippen molar-refractivity contribution in [3.8, 4) is 0 Å². The van der Waals surface area contributed by atoms with Crippen molar-refractivity contribution >= 4 is 40.2 Å². The van der Waals surface area contributed by atoms with Crippen LogP contribution in [0.5, 0.6) is 0 Å². The molecule has 28 heavy (non-hydrogen) atoms. The highest BCUT2D eigenvalue weighted by Crippen LogP contribution is 2.42. The average molecular weight is 408 g/mol. The highest BCUT2D eigenvalue weighted by molar-refractivity contribution is 6.42. The Labute approximate surface area is 173 Å². The molecule has 140 valence electrons. The predicted molar refractivity (Wildman–Crippen MR) is 116 cm³/mol. The quantitative estimate of drug-likeness (QED) is 0.395. The number of benzene rings is 3. The van der Waals surface area contributed by atoms with Crippen molar-refractivity contribution in [2.75, 3.05) is 5.32 Å². The lowest BCUT2D eigenvalue weighted by Crippen LogP contribution is -2.27. The summed E-state index contributed by atoms with van der Waals surface area (Å²) in [6.07, 6.45) is 0.898. The molecule has 5 heteroatoms. The van der Waals surface area contributed by atoms with E-state index in [-0.39, 0.29) is 12.1 Å². The Morgan fingerprint density at radius 3 is 2.61 bits per heavy atom. The van der Waals surface area contributed by atoms with Gasteiger partial charge in [-0.1, -0.05) is 71.2 Å². The molecule has 0 amide bonds. The first-order valence-electron chi connectivity index (χ1n) is 9.35. The topological polar surface area (TPSA) is 29.9 Å². The molecule has 0 saturated carbocycles. The van der Waals surface area contributed by atoms with Crippen LogP contribution in [0.3, 0.4) is 0 Å². The van der Waals surface area contributed by atoms with Crippen LogP contribution in [-0.2, 0) is 0 Å². The predicted octanol–water partition coefficient (Wildman–Crippen LogP) is 6.80. The fraction of sp³-hybridized carbons (Fsp3) is 0.174. The second-order valence-corrected chi connectivity index (χ2v) is 8.14. The van der Waals surface area contributed by atoms with Gasteiger partial charge in [-0.3, -0.25) is 0 Å². The third kappa shape index (κ3) is 2.95. The molecule has 0 bridgehead atoms. The number of anilines is 1. The van der Waals surface area contributed by atoms with Crippen LogP contribution in [0, 0.1) is 6.92 Å². The Balaban J connectivity index is 1.67. The van der Waals surface area contributed by atoms with Gasteiger partial charge in [0.2, 0.25) is 5.95 Å². The van der Waals surface area contributed by atoms with Crippen LogP contribution < -0.4 is 5.32 Å². The van der Waals surface area contributed by atoms with E-state index in [1.165, 1.54) is 11.1 Å². The highest BCUT2D eigenvalue weighted by Gasteiger charge is 2.31. The van der Waals surface area contributed by atoms with Crippen LogP contribution in [0.1, 0.15) is 35.2 Å². The number of hydrogen-bond donors (Lipinski definition) is 1. The normalized spacial score (nSPS) is 18.7. The third-order valence-corrected chi connectivity index (χ3v) is 6.18. The lowest BCUT2D eigenvalue weighted by atomic mass is 9.92. The molecule has 4 aromatic rings. The molecule has 2 heterocycles. The molecule has 0 spiro atoms. The summed E-state index contributed by atoms with van der Waals surface area (Å²) in [6, 6.07) is 23.1. The molecule has 0 aliphatic carbocycles. The van der Waals surface area contributed by atoms with Crippen LogP contribution in [0.25, 0.3) is 11.0 Å². The number of rotatable bonds is 2. The van der Waals surface area contributed by atoms with Crippen LogP contribution in [0.4, 0.5) is 5.95 Å². The summed E-state index contributed by atoms with van der Waals surface area (Å²) in [4.78, 5) is 4.86. The Bertz CT molecular complexity index is 1180. The summed E-state index contributed by atoms with van der Waals surface area (Å²) in [5.74, 6) is 0.884. The minimum absolute atomic E-state index is 0.101. The highest BCUT2D eigenvalue weighted by atomic mass is 35.5. The van der Waals surface area contributed by atoms with E-state index in [9.17, 15) is 0 Å². The molecule has 3 aromatic carbocycles. The van der Waals surface area contributed by atoms with Crippen molar-refractivity contribution < 1.29 is 0 Å². The number of halogens is 2. The number of hydrogen-bond acceptors (Lipinski definition) is 2. The lowest BCUT2D eigenvalue weighted by Gasteiger charge is -2.34. The van der Waals surface area contributed by atoms with Gasteiger partial charge in [0, 0.05) is 0 Å². The van der Waals surface area contributed by atoms with Gasteiger partial charge in [-0.2, -0.15) is 0 Å². The fourth-order valence-electron chi connectivity index (χ4n) is 4.12. The zero-order valence-electron chi connectivity index (χ0n) is 15.4. The minimum Gasteiger partial charge on any atom is -0.349 e. The second-order valence-electron chi connectivity index (χ2n) is 7.33. The maximum absolute atomic E-state index is 6.29. The maximum Gasteiger partial charge on any atom is 0.204 e. The van der Waals surface area contributed by atoms with Crippen LogP contribution in [0.2, 0.25) is 10.0 Å². The molecule has 5 rings (SSSR count). The smallest absolute Gasteiger partial charge is 0.204 e. The van der Waals surface area contributed by atoms with Crippen molar-refractivity contribution in [2.45, 2.75) is 25.4 Å². The summed E-state index contributed by atoms with van der Waals surface area (Å²) in [5.41, 5.74) is 5.80. The standard InChI is InChI=1S/C23H19Cl2N3/c1-14-5-4-6-16(11-14)22-13-20(15-9-10-17(24)18(25)12-15)27-23-26-19-7-2-3-8-21(19)28(22)23/h2-12,20,22H,13H2,1H3,(H,26,27)/t20-,22-/m0/s1. The fourth-order valence-corrected chi connectivity index (χ4v) is 4.42. The largest absolute Gasteiger partial charge is 0.349 e. The van der Waals surface area contributed by atoms with Crippen LogP contribution >= 0.6 is 23.2 Å². The number of para-hydroxylation sites is 2. The van der Waals surface area contributed by atoms with E-state index in [2.05, 4.69) is 59.3 Å². The summed E-state index contributed by atoms with van der Waals surface area (Å²) < 4.78 is 2.32. The number of fused-ring (bicyclic) bond motifs is 3. The number of aromatic nitrogens is 2. The number of nitrogens with one attached hydrogen (secondary N) is 1. The average Bonchev–Trinajstić information content (AvgIpc) is 3.08. The van der Waals surface area contributed by atoms with Crippen molar-refractivity contribution in [1.82, 2.24) is 9.55 Å². The zero-order chi connectivity index (χ0) is 19.3. The van der Waals surface area contributed by atoms with Gasteiger partial charge in [-0.25, -0.2) is 4.98 Å². The van der Waals surface area contributed by atoms with Gasteiger partial charge < -0.3 is 9.88 Å². The summed E-state index contributed by atoms with van der Waals surface area (Å²) in [7, 11) is 0. The van der Waals surface area contributed by atoms with E-state index < -0.39 is 0 Å². The number of imidazole rings is 1. The van der Waals surface area contributed by atoms with Gasteiger partial charge >= 0.3 is 0 Å². The summed E-state index contributed by atoms with van der Waals surface area (Å²) in [6.45, 7) is 2.13. The molecular formula is C23H19Cl2N3. The minimum atomic E-state index is 0.101. The molecule has 1 aliphatic rings. The van der Waals surface area contributed by atoms with Crippen LogP contribution in [-0.4, -0.2) is 9.55 Å². The van der Waals surface area contributed by atoms with Gasteiger partial charge in [0.05, 0.1) is 33.2 Å². The van der Waals surface area contributed by atoms with Crippen molar-refractivity contribution in [2.24, 2.45) is 0 Å². The third-order valence-electron chi connectivity index (χ3n) is 5.44. The number of nitrogens with zero attached hydrogens (tertiary/aromatic N) is 2. The molecule has 0 fully saturated rings. The van der Waals surface area contributed by atoms with Gasteiger partial charge in [-0.05, 0) is 48.7 Å². The molecule has 0 unspecified atom stereocenters. The number of aryl methyl sites for hydroxylation is 1. The molecule has 1 N–H and O–H groups in total. The van der Waals surface area contributed by atoms with E-state index in [4.69, 9.17) is 28.2 Å². The maximum atomic E-state index is 6.29. The van der Waals surface area contributed by atoms with Crippen molar-refractivity contribution in [3.05, 3.63) is 93.5 Å². The van der Waals surface area contributed by atoms with Crippen LogP contribution in [0.15, 0.2) is 66.7 Å².